The number of carbonyl (C=O) groups is 2. The molecule has 3 rings (SSSR count). The SMILES string of the molecule is CN(C)CCCN1C(=O)C(=O)C(=C(O)c2ccc(F)cc2)[C@@H]1c1ccc([N+](=O)[O-])cc1. The van der Waals surface area contributed by atoms with E-state index in [0.29, 0.717) is 18.5 Å². The molecule has 162 valence electrons. The van der Waals surface area contributed by atoms with Crippen molar-refractivity contribution < 1.29 is 24.0 Å². The summed E-state index contributed by atoms with van der Waals surface area (Å²) in [5.74, 6) is -2.54. The van der Waals surface area contributed by atoms with E-state index in [1.54, 1.807) is 0 Å². The summed E-state index contributed by atoms with van der Waals surface area (Å²) in [6.07, 6.45) is 0.583. The van der Waals surface area contributed by atoms with Gasteiger partial charge in [0, 0.05) is 24.2 Å². The second-order valence-electron chi connectivity index (χ2n) is 7.50. The lowest BCUT2D eigenvalue weighted by molar-refractivity contribution is -0.384. The number of rotatable bonds is 7. The van der Waals surface area contributed by atoms with Gasteiger partial charge in [0.1, 0.15) is 11.6 Å². The summed E-state index contributed by atoms with van der Waals surface area (Å²) >= 11 is 0. The van der Waals surface area contributed by atoms with Crippen molar-refractivity contribution in [1.82, 2.24) is 9.80 Å². The number of nitro benzene ring substituents is 1. The third-order valence-electron chi connectivity index (χ3n) is 5.08. The van der Waals surface area contributed by atoms with Crippen LogP contribution in [0, 0.1) is 15.9 Å². The van der Waals surface area contributed by atoms with Gasteiger partial charge in [0.15, 0.2) is 0 Å². The molecule has 1 aliphatic heterocycles. The number of non-ortho nitro benzene ring substituents is 1. The van der Waals surface area contributed by atoms with Crippen molar-refractivity contribution in [2.75, 3.05) is 27.2 Å². The van der Waals surface area contributed by atoms with Gasteiger partial charge in [-0.05, 0) is 69.0 Å². The number of hydrogen-bond donors (Lipinski definition) is 1. The molecule has 0 unspecified atom stereocenters. The molecular formula is C22H22FN3O5. The molecule has 0 aliphatic carbocycles. The van der Waals surface area contributed by atoms with Crippen molar-refractivity contribution in [2.45, 2.75) is 12.5 Å². The lowest BCUT2D eigenvalue weighted by Gasteiger charge is -2.25. The van der Waals surface area contributed by atoms with Crippen LogP contribution in [0.15, 0.2) is 54.1 Å². The molecule has 1 aliphatic rings. The summed E-state index contributed by atoms with van der Waals surface area (Å²) in [5, 5.41) is 21.8. The van der Waals surface area contributed by atoms with Crippen LogP contribution in [0.2, 0.25) is 0 Å². The van der Waals surface area contributed by atoms with Gasteiger partial charge in [0.25, 0.3) is 17.4 Å². The van der Waals surface area contributed by atoms with E-state index in [1.165, 1.54) is 41.3 Å². The first-order valence-electron chi connectivity index (χ1n) is 9.64. The molecule has 0 aromatic heterocycles. The molecule has 0 radical (unpaired) electrons. The third kappa shape index (κ3) is 4.61. The number of Topliss-reactive ketones (excluding diaryl/α,β-unsaturated/α-hetero) is 1. The average molecular weight is 427 g/mol. The highest BCUT2D eigenvalue weighted by molar-refractivity contribution is 6.46. The molecule has 0 saturated carbocycles. The van der Waals surface area contributed by atoms with Crippen molar-refractivity contribution in [3.05, 3.63) is 81.2 Å². The zero-order valence-corrected chi connectivity index (χ0v) is 17.1. The Morgan fingerprint density at radius 3 is 2.29 bits per heavy atom. The summed E-state index contributed by atoms with van der Waals surface area (Å²) in [6, 6.07) is 9.51. The molecule has 31 heavy (non-hydrogen) atoms. The monoisotopic (exact) mass is 427 g/mol. The van der Waals surface area contributed by atoms with Crippen LogP contribution in [0.5, 0.6) is 0 Å². The number of carbonyl (C=O) groups excluding carboxylic acids is 2. The fourth-order valence-corrected chi connectivity index (χ4v) is 3.56. The van der Waals surface area contributed by atoms with E-state index in [9.17, 15) is 29.2 Å². The Kier molecular flexibility index (Phi) is 6.45. The van der Waals surface area contributed by atoms with E-state index in [1.807, 2.05) is 19.0 Å². The zero-order valence-electron chi connectivity index (χ0n) is 17.1. The van der Waals surface area contributed by atoms with Gasteiger partial charge < -0.3 is 14.9 Å². The van der Waals surface area contributed by atoms with E-state index in [2.05, 4.69) is 0 Å². The summed E-state index contributed by atoms with van der Waals surface area (Å²) in [7, 11) is 3.77. The second-order valence-corrected chi connectivity index (χ2v) is 7.50. The summed E-state index contributed by atoms with van der Waals surface area (Å²) in [6.45, 7) is 0.929. The van der Waals surface area contributed by atoms with Crippen LogP contribution in [0.3, 0.4) is 0 Å². The maximum Gasteiger partial charge on any atom is 0.295 e. The van der Waals surface area contributed by atoms with Gasteiger partial charge in [-0.25, -0.2) is 4.39 Å². The molecule has 1 N–H and O–H groups in total. The van der Waals surface area contributed by atoms with Gasteiger partial charge >= 0.3 is 0 Å². The molecular weight excluding hydrogens is 405 g/mol. The summed E-state index contributed by atoms with van der Waals surface area (Å²) < 4.78 is 13.3. The maximum absolute atomic E-state index is 13.3. The molecule has 8 nitrogen and oxygen atoms in total. The number of hydrogen-bond acceptors (Lipinski definition) is 6. The van der Waals surface area contributed by atoms with Gasteiger partial charge in [0.05, 0.1) is 16.5 Å². The number of ketones is 1. The van der Waals surface area contributed by atoms with Crippen molar-refractivity contribution in [1.29, 1.82) is 0 Å². The molecule has 0 bridgehead atoms. The number of nitro groups is 1. The molecule has 0 spiro atoms. The fraction of sp³-hybridized carbons (Fsp3) is 0.273. The van der Waals surface area contributed by atoms with E-state index < -0.39 is 34.2 Å². The number of amides is 1. The van der Waals surface area contributed by atoms with Gasteiger partial charge in [-0.1, -0.05) is 0 Å². The Bertz CT molecular complexity index is 1030. The fourth-order valence-electron chi connectivity index (χ4n) is 3.56. The number of aliphatic hydroxyl groups excluding tert-OH is 1. The standard InChI is InChI=1S/C22H22FN3O5/c1-24(2)12-3-13-25-19(14-6-10-17(11-7-14)26(30)31)18(21(28)22(25)29)20(27)15-4-8-16(23)9-5-15/h4-11,19,27H,3,12-13H2,1-2H3/t19-/m0/s1. The topological polar surface area (TPSA) is 104 Å². The molecule has 1 amide bonds. The lowest BCUT2D eigenvalue weighted by atomic mass is 9.95. The largest absolute Gasteiger partial charge is 0.507 e. The smallest absolute Gasteiger partial charge is 0.295 e. The van der Waals surface area contributed by atoms with Crippen molar-refractivity contribution in [3.8, 4) is 0 Å². The van der Waals surface area contributed by atoms with Crippen LogP contribution in [-0.2, 0) is 9.59 Å². The predicted molar refractivity (Wildman–Crippen MR) is 112 cm³/mol. The highest BCUT2D eigenvalue weighted by Gasteiger charge is 2.45. The van der Waals surface area contributed by atoms with Crippen LogP contribution in [0.25, 0.3) is 5.76 Å². The van der Waals surface area contributed by atoms with E-state index in [4.69, 9.17) is 0 Å². The minimum atomic E-state index is -0.909. The number of aliphatic hydroxyl groups is 1. The molecule has 9 heteroatoms. The molecule has 1 atom stereocenters. The number of benzene rings is 2. The average Bonchev–Trinajstić information content (AvgIpc) is 2.98. The Hall–Kier alpha value is -3.59. The van der Waals surface area contributed by atoms with E-state index in [0.717, 1.165) is 12.1 Å². The van der Waals surface area contributed by atoms with Crippen molar-refractivity contribution >= 4 is 23.1 Å². The molecule has 2 aromatic rings. The van der Waals surface area contributed by atoms with Crippen LogP contribution in [0.4, 0.5) is 10.1 Å². The van der Waals surface area contributed by atoms with Crippen molar-refractivity contribution in [3.63, 3.8) is 0 Å². The highest BCUT2D eigenvalue weighted by Crippen LogP contribution is 2.39. The Morgan fingerprint density at radius 2 is 1.74 bits per heavy atom. The van der Waals surface area contributed by atoms with E-state index >= 15 is 0 Å². The summed E-state index contributed by atoms with van der Waals surface area (Å²) in [4.78, 5) is 39.4. The summed E-state index contributed by atoms with van der Waals surface area (Å²) in [5.41, 5.74) is 0.389. The Labute approximate surface area is 178 Å². The van der Waals surface area contributed by atoms with E-state index in [-0.39, 0.29) is 23.4 Å². The van der Waals surface area contributed by atoms with Gasteiger partial charge in [-0.15, -0.1) is 0 Å². The van der Waals surface area contributed by atoms with Crippen LogP contribution >= 0.6 is 0 Å². The first-order valence-corrected chi connectivity index (χ1v) is 9.64. The Balaban J connectivity index is 2.09. The normalized spacial score (nSPS) is 18.1. The number of likely N-dealkylation sites (tertiary alicyclic amines) is 1. The minimum Gasteiger partial charge on any atom is -0.507 e. The van der Waals surface area contributed by atoms with Crippen molar-refractivity contribution in [2.24, 2.45) is 0 Å². The number of halogens is 1. The molecule has 1 fully saturated rings. The zero-order chi connectivity index (χ0) is 22.7. The maximum atomic E-state index is 13.3. The van der Waals surface area contributed by atoms with Gasteiger partial charge in [-0.2, -0.15) is 0 Å². The molecule has 2 aromatic carbocycles. The molecule has 1 heterocycles. The first-order chi connectivity index (χ1) is 14.7. The predicted octanol–water partition coefficient (Wildman–Crippen LogP) is 3.11. The lowest BCUT2D eigenvalue weighted by Crippen LogP contribution is -2.32. The quantitative estimate of drug-likeness (QED) is 0.239. The number of nitrogens with zero attached hydrogens (tertiary/aromatic N) is 3. The first kappa shape index (κ1) is 22.1. The van der Waals surface area contributed by atoms with Crippen LogP contribution < -0.4 is 0 Å². The van der Waals surface area contributed by atoms with Gasteiger partial charge in [-0.3, -0.25) is 19.7 Å². The second kappa shape index (κ2) is 9.05. The molecule has 1 saturated heterocycles. The Morgan fingerprint density at radius 1 is 1.13 bits per heavy atom. The van der Waals surface area contributed by atoms with Gasteiger partial charge in [0.2, 0.25) is 0 Å². The minimum absolute atomic E-state index is 0.129. The third-order valence-corrected chi connectivity index (χ3v) is 5.08. The highest BCUT2D eigenvalue weighted by atomic mass is 19.1. The van der Waals surface area contributed by atoms with Crippen LogP contribution in [0.1, 0.15) is 23.6 Å². The van der Waals surface area contributed by atoms with Crippen LogP contribution in [-0.4, -0.2) is 58.7 Å².